The van der Waals surface area contributed by atoms with Crippen molar-refractivity contribution in [2.24, 2.45) is 4.99 Å². The Kier molecular flexibility index (Phi) is 6.27. The van der Waals surface area contributed by atoms with Gasteiger partial charge in [0, 0.05) is 4.88 Å². The number of carbonyl (C=O) groups excluding carboxylic acids is 1. The number of fused-ring (bicyclic) bond motifs is 1. The predicted octanol–water partition coefficient (Wildman–Crippen LogP) is 3.63. The van der Waals surface area contributed by atoms with Gasteiger partial charge in [0.15, 0.2) is 4.80 Å². The highest BCUT2D eigenvalue weighted by atomic mass is 79.9. The number of thiazole rings is 1. The Bertz CT molecular complexity index is 1350. The Balaban J connectivity index is 1.91. The molecule has 0 radical (unpaired) electrons. The molecular weight excluding hydrogens is 500 g/mol. The molecule has 1 aliphatic heterocycles. The number of benzene rings is 1. The second-order valence-corrected chi connectivity index (χ2v) is 9.55. The van der Waals surface area contributed by atoms with Gasteiger partial charge in [0.2, 0.25) is 0 Å². The van der Waals surface area contributed by atoms with Crippen LogP contribution in [-0.2, 0) is 9.53 Å². The largest absolute Gasteiger partial charge is 0.496 e. The predicted molar refractivity (Wildman–Crippen MR) is 125 cm³/mol. The lowest BCUT2D eigenvalue weighted by atomic mass is 10.0. The molecule has 1 unspecified atom stereocenters. The van der Waals surface area contributed by atoms with E-state index in [1.54, 1.807) is 25.5 Å². The van der Waals surface area contributed by atoms with E-state index in [1.807, 2.05) is 41.8 Å². The van der Waals surface area contributed by atoms with E-state index in [1.165, 1.54) is 22.7 Å². The third-order valence-corrected chi connectivity index (χ3v) is 7.33. The lowest BCUT2D eigenvalue weighted by Crippen LogP contribution is -2.39. The van der Waals surface area contributed by atoms with Crippen LogP contribution < -0.4 is 19.6 Å². The molecule has 3 aromatic rings. The van der Waals surface area contributed by atoms with Crippen molar-refractivity contribution in [2.75, 3.05) is 13.7 Å². The summed E-state index contributed by atoms with van der Waals surface area (Å²) in [5.74, 6) is 0.265. The summed E-state index contributed by atoms with van der Waals surface area (Å²) in [6, 6.07) is 8.88. The summed E-state index contributed by atoms with van der Waals surface area (Å²) < 4.78 is 13.5. The monoisotopic (exact) mass is 518 g/mol. The molecule has 0 bridgehead atoms. The number of carbonyl (C=O) groups is 1. The molecule has 0 saturated carbocycles. The number of halogens is 1. The van der Waals surface area contributed by atoms with Gasteiger partial charge in [-0.25, -0.2) is 9.79 Å². The molecule has 31 heavy (non-hydrogen) atoms. The van der Waals surface area contributed by atoms with Crippen LogP contribution in [-0.4, -0.2) is 24.3 Å². The fourth-order valence-corrected chi connectivity index (χ4v) is 5.86. The number of rotatable bonds is 5. The molecule has 0 amide bonds. The topological polar surface area (TPSA) is 69.9 Å². The van der Waals surface area contributed by atoms with Crippen LogP contribution in [0.5, 0.6) is 5.75 Å². The molecule has 160 valence electrons. The van der Waals surface area contributed by atoms with Crippen LogP contribution in [0.15, 0.2) is 61.2 Å². The fourth-order valence-electron chi connectivity index (χ4n) is 3.43. The second-order valence-electron chi connectivity index (χ2n) is 6.71. The van der Waals surface area contributed by atoms with E-state index in [-0.39, 0.29) is 12.2 Å². The van der Waals surface area contributed by atoms with Crippen molar-refractivity contribution in [1.29, 1.82) is 0 Å². The van der Waals surface area contributed by atoms with Gasteiger partial charge in [0.25, 0.3) is 5.56 Å². The molecule has 9 heteroatoms. The first-order valence-electron chi connectivity index (χ1n) is 9.51. The number of thiophene rings is 1. The molecule has 0 saturated heterocycles. The molecule has 4 rings (SSSR count). The first kappa shape index (κ1) is 21.7. The molecule has 1 aliphatic rings. The number of ether oxygens (including phenoxy) is 2. The standard InChI is InChI=1S/C22H19BrN2O4S2/c1-4-29-21(27)18-12(2)24-22-25(19(18)16-6-5-9-30-16)20(26)17(31-22)11-13-7-8-15(28-3)14(23)10-13/h5-11,19H,4H2,1-3H3/b17-11-. The second kappa shape index (κ2) is 8.94. The van der Waals surface area contributed by atoms with Gasteiger partial charge in [0.1, 0.15) is 11.8 Å². The van der Waals surface area contributed by atoms with Crippen LogP contribution in [0.1, 0.15) is 30.3 Å². The summed E-state index contributed by atoms with van der Waals surface area (Å²) in [6.45, 7) is 3.80. The Labute approximate surface area is 194 Å². The molecule has 1 aromatic carbocycles. The smallest absolute Gasteiger partial charge is 0.338 e. The highest BCUT2D eigenvalue weighted by Gasteiger charge is 2.33. The van der Waals surface area contributed by atoms with Crippen molar-refractivity contribution in [1.82, 2.24) is 4.57 Å². The molecule has 6 nitrogen and oxygen atoms in total. The van der Waals surface area contributed by atoms with Gasteiger partial charge in [-0.2, -0.15) is 0 Å². The molecule has 0 spiro atoms. The van der Waals surface area contributed by atoms with Crippen molar-refractivity contribution >= 4 is 50.6 Å². The van der Waals surface area contributed by atoms with E-state index in [0.717, 1.165) is 14.9 Å². The van der Waals surface area contributed by atoms with Crippen molar-refractivity contribution in [3.05, 3.63) is 81.6 Å². The zero-order chi connectivity index (χ0) is 22.1. The molecule has 3 heterocycles. The summed E-state index contributed by atoms with van der Waals surface area (Å²) in [5.41, 5.74) is 1.63. The quantitative estimate of drug-likeness (QED) is 0.483. The molecule has 0 fully saturated rings. The first-order chi connectivity index (χ1) is 14.9. The summed E-state index contributed by atoms with van der Waals surface area (Å²) in [4.78, 5) is 32.2. The van der Waals surface area contributed by atoms with Crippen molar-refractivity contribution in [3.8, 4) is 5.75 Å². The minimum atomic E-state index is -0.556. The summed E-state index contributed by atoms with van der Waals surface area (Å²) in [6.07, 6.45) is 1.82. The van der Waals surface area contributed by atoms with E-state index < -0.39 is 12.0 Å². The average molecular weight is 519 g/mol. The number of nitrogens with zero attached hydrogens (tertiary/aromatic N) is 2. The summed E-state index contributed by atoms with van der Waals surface area (Å²) in [7, 11) is 1.60. The van der Waals surface area contributed by atoms with Gasteiger partial charge < -0.3 is 9.47 Å². The van der Waals surface area contributed by atoms with Gasteiger partial charge in [-0.1, -0.05) is 23.5 Å². The maximum Gasteiger partial charge on any atom is 0.338 e. The zero-order valence-electron chi connectivity index (χ0n) is 17.0. The van der Waals surface area contributed by atoms with E-state index >= 15 is 0 Å². The molecule has 1 atom stereocenters. The lowest BCUT2D eigenvalue weighted by Gasteiger charge is -2.23. The third-order valence-electron chi connectivity index (χ3n) is 4.80. The minimum absolute atomic E-state index is 0.191. The first-order valence-corrected chi connectivity index (χ1v) is 12.0. The maximum absolute atomic E-state index is 13.4. The lowest BCUT2D eigenvalue weighted by molar-refractivity contribution is -0.139. The van der Waals surface area contributed by atoms with Crippen LogP contribution in [0.4, 0.5) is 0 Å². The highest BCUT2D eigenvalue weighted by Crippen LogP contribution is 2.33. The van der Waals surface area contributed by atoms with Crippen molar-refractivity contribution in [2.45, 2.75) is 19.9 Å². The maximum atomic E-state index is 13.4. The number of hydrogen-bond donors (Lipinski definition) is 0. The average Bonchev–Trinajstić information content (AvgIpc) is 3.36. The Morgan fingerprint density at radius 2 is 2.16 bits per heavy atom. The van der Waals surface area contributed by atoms with Gasteiger partial charge in [-0.15, -0.1) is 11.3 Å². The van der Waals surface area contributed by atoms with Crippen molar-refractivity contribution < 1.29 is 14.3 Å². The fraction of sp³-hybridized carbons (Fsp3) is 0.227. The third kappa shape index (κ3) is 4.05. The van der Waals surface area contributed by atoms with Crippen LogP contribution >= 0.6 is 38.6 Å². The molecule has 2 aromatic heterocycles. The number of allylic oxidation sites excluding steroid dienone is 1. The zero-order valence-corrected chi connectivity index (χ0v) is 20.3. The van der Waals surface area contributed by atoms with E-state index in [0.29, 0.717) is 26.4 Å². The van der Waals surface area contributed by atoms with E-state index in [9.17, 15) is 9.59 Å². The molecule has 0 N–H and O–H groups in total. The van der Waals surface area contributed by atoms with E-state index in [4.69, 9.17) is 9.47 Å². The SMILES string of the molecule is CCOC(=O)C1=C(C)N=c2s/c(=C\c3ccc(OC)c(Br)c3)c(=O)n2C1c1cccs1. The van der Waals surface area contributed by atoms with Crippen LogP contribution in [0.2, 0.25) is 0 Å². The van der Waals surface area contributed by atoms with Gasteiger partial charge in [-0.3, -0.25) is 9.36 Å². The number of methoxy groups -OCH3 is 1. The summed E-state index contributed by atoms with van der Waals surface area (Å²) in [5, 5.41) is 1.93. The minimum Gasteiger partial charge on any atom is -0.496 e. The van der Waals surface area contributed by atoms with Crippen LogP contribution in [0.25, 0.3) is 6.08 Å². The van der Waals surface area contributed by atoms with Gasteiger partial charge >= 0.3 is 5.97 Å². The van der Waals surface area contributed by atoms with Crippen LogP contribution in [0.3, 0.4) is 0 Å². The molecule has 0 aliphatic carbocycles. The Morgan fingerprint density at radius 1 is 1.35 bits per heavy atom. The summed E-state index contributed by atoms with van der Waals surface area (Å²) >= 11 is 6.28. The van der Waals surface area contributed by atoms with Crippen molar-refractivity contribution in [3.63, 3.8) is 0 Å². The Hall–Kier alpha value is -2.49. The number of aromatic nitrogens is 1. The number of hydrogen-bond acceptors (Lipinski definition) is 7. The molecular formula is C22H19BrN2O4S2. The number of esters is 1. The highest BCUT2D eigenvalue weighted by molar-refractivity contribution is 9.10. The van der Waals surface area contributed by atoms with E-state index in [2.05, 4.69) is 20.9 Å². The Morgan fingerprint density at radius 3 is 2.81 bits per heavy atom. The van der Waals surface area contributed by atoms with Crippen LogP contribution in [0, 0.1) is 0 Å². The van der Waals surface area contributed by atoms with Gasteiger partial charge in [0.05, 0.1) is 34.0 Å². The van der Waals surface area contributed by atoms with Gasteiger partial charge in [-0.05, 0) is 65.0 Å². The normalized spacial score (nSPS) is 16.1.